The summed E-state index contributed by atoms with van der Waals surface area (Å²) < 4.78 is 128. The molecule has 2 heterocycles. The van der Waals surface area contributed by atoms with Crippen molar-refractivity contribution in [2.45, 2.75) is 48.8 Å². The summed E-state index contributed by atoms with van der Waals surface area (Å²) in [7, 11) is -2.30. The van der Waals surface area contributed by atoms with Gasteiger partial charge in [-0.05, 0) is 43.5 Å². The topological polar surface area (TPSA) is 127 Å². The monoisotopic (exact) mass is 621 g/mol. The van der Waals surface area contributed by atoms with Crippen LogP contribution < -0.4 is 14.8 Å². The summed E-state index contributed by atoms with van der Waals surface area (Å²) in [6.45, 7) is 0.899. The number of rotatable bonds is 7. The molecule has 0 radical (unpaired) electrons. The molecule has 2 aromatic heterocycles. The van der Waals surface area contributed by atoms with Crippen molar-refractivity contribution in [3.8, 4) is 17.5 Å². The number of methoxy groups -OCH3 is 1. The van der Waals surface area contributed by atoms with Crippen LogP contribution in [0.25, 0.3) is 0 Å². The van der Waals surface area contributed by atoms with Crippen LogP contribution in [0.4, 0.5) is 36.4 Å². The Morgan fingerprint density at radius 3 is 2.31 bits per heavy atom. The molecule has 3 aromatic rings. The van der Waals surface area contributed by atoms with E-state index in [2.05, 4.69) is 20.5 Å². The van der Waals surface area contributed by atoms with Crippen molar-refractivity contribution in [1.29, 1.82) is 4.78 Å². The molecule has 17 heteroatoms. The molecule has 4 rings (SSSR count). The normalized spacial score (nSPS) is 16.2. The first kappa shape index (κ1) is 30.9. The van der Waals surface area contributed by atoms with E-state index >= 15 is 4.39 Å². The zero-order valence-corrected chi connectivity index (χ0v) is 22.9. The number of nitrogens with one attached hydrogen (secondary N) is 2. The van der Waals surface area contributed by atoms with Gasteiger partial charge in [0.15, 0.2) is 11.5 Å². The Labute approximate surface area is 234 Å². The molecule has 42 heavy (non-hydrogen) atoms. The van der Waals surface area contributed by atoms with E-state index in [9.17, 15) is 35.3 Å². The number of amides is 1. The van der Waals surface area contributed by atoms with Gasteiger partial charge in [-0.3, -0.25) is 4.79 Å². The first-order valence-corrected chi connectivity index (χ1v) is 13.9. The van der Waals surface area contributed by atoms with Gasteiger partial charge in [0.25, 0.3) is 17.7 Å². The molecular formula is C25H22F7N5O4S. The van der Waals surface area contributed by atoms with Crippen molar-refractivity contribution in [2.75, 3.05) is 18.7 Å². The highest BCUT2D eigenvalue weighted by Crippen LogP contribution is 2.56. The first-order chi connectivity index (χ1) is 19.4. The molecule has 1 saturated carbocycles. The number of nitrogens with zero attached hydrogens (tertiary/aromatic N) is 3. The SMILES string of the molecule is COc1c(Oc2nnc(C(F)(F)F)c(C)c2C(=O)Nc2cccc(S(C)(=N)=O)c2)ncc(C2(C(F)(F)F)CCC2)c1F. The van der Waals surface area contributed by atoms with Gasteiger partial charge in [0.1, 0.15) is 5.56 Å². The molecule has 1 atom stereocenters. The number of anilines is 1. The van der Waals surface area contributed by atoms with Crippen LogP contribution in [0.3, 0.4) is 0 Å². The van der Waals surface area contributed by atoms with E-state index in [1.807, 2.05) is 0 Å². The molecule has 0 spiro atoms. The van der Waals surface area contributed by atoms with Crippen LogP contribution in [0.2, 0.25) is 0 Å². The van der Waals surface area contributed by atoms with Gasteiger partial charge in [-0.25, -0.2) is 18.4 Å². The number of carbonyl (C=O) groups is 1. The first-order valence-electron chi connectivity index (χ1n) is 12.0. The lowest BCUT2D eigenvalue weighted by atomic mass is 9.64. The molecule has 9 nitrogen and oxygen atoms in total. The van der Waals surface area contributed by atoms with E-state index in [4.69, 9.17) is 14.3 Å². The van der Waals surface area contributed by atoms with E-state index in [-0.39, 0.29) is 29.8 Å². The molecule has 1 unspecified atom stereocenters. The number of hydrogen-bond donors (Lipinski definition) is 2. The fraction of sp³-hybridized carbons (Fsp3) is 0.360. The van der Waals surface area contributed by atoms with E-state index in [0.717, 1.165) is 20.3 Å². The van der Waals surface area contributed by atoms with Crippen molar-refractivity contribution >= 4 is 21.3 Å². The number of ether oxygens (including phenoxy) is 2. The van der Waals surface area contributed by atoms with Gasteiger partial charge in [-0.15, -0.1) is 10.2 Å². The number of alkyl halides is 6. The van der Waals surface area contributed by atoms with Gasteiger partial charge in [-0.2, -0.15) is 26.3 Å². The number of carbonyl (C=O) groups excluding carboxylic acids is 1. The molecule has 1 aliphatic rings. The zero-order valence-electron chi connectivity index (χ0n) is 22.0. The second-order valence-electron chi connectivity index (χ2n) is 9.54. The Bertz CT molecular complexity index is 1660. The Kier molecular flexibility index (Phi) is 7.86. The van der Waals surface area contributed by atoms with Gasteiger partial charge in [0.2, 0.25) is 5.75 Å². The highest BCUT2D eigenvalue weighted by Gasteiger charge is 2.61. The number of aromatic nitrogens is 3. The summed E-state index contributed by atoms with van der Waals surface area (Å²) >= 11 is 0. The van der Waals surface area contributed by atoms with Gasteiger partial charge in [0, 0.05) is 28.6 Å². The summed E-state index contributed by atoms with van der Waals surface area (Å²) in [4.78, 5) is 17.0. The lowest BCUT2D eigenvalue weighted by molar-refractivity contribution is -0.213. The van der Waals surface area contributed by atoms with E-state index in [0.29, 0.717) is 6.20 Å². The summed E-state index contributed by atoms with van der Waals surface area (Å²) in [5.74, 6) is -5.26. The Balaban J connectivity index is 1.80. The van der Waals surface area contributed by atoms with Crippen LogP contribution in [-0.4, -0.2) is 44.8 Å². The second kappa shape index (κ2) is 10.7. The Morgan fingerprint density at radius 1 is 1.12 bits per heavy atom. The highest BCUT2D eigenvalue weighted by molar-refractivity contribution is 7.91. The average molecular weight is 622 g/mol. The van der Waals surface area contributed by atoms with Gasteiger partial charge in [-0.1, -0.05) is 12.5 Å². The largest absolute Gasteiger partial charge is 0.489 e. The molecule has 2 N–H and O–H groups in total. The Hall–Kier alpha value is -4.02. The molecule has 1 aliphatic carbocycles. The van der Waals surface area contributed by atoms with Crippen LogP contribution in [0.1, 0.15) is 46.4 Å². The third kappa shape index (κ3) is 5.56. The molecule has 1 amide bonds. The smallest absolute Gasteiger partial charge is 0.435 e. The average Bonchev–Trinajstić information content (AvgIpc) is 2.83. The lowest BCUT2D eigenvalue weighted by Gasteiger charge is -2.43. The third-order valence-corrected chi connectivity index (χ3v) is 7.98. The predicted molar refractivity (Wildman–Crippen MR) is 134 cm³/mol. The lowest BCUT2D eigenvalue weighted by Crippen LogP contribution is -2.48. The molecule has 1 fully saturated rings. The van der Waals surface area contributed by atoms with Crippen LogP contribution in [0.15, 0.2) is 35.4 Å². The molecule has 226 valence electrons. The second-order valence-corrected chi connectivity index (χ2v) is 11.7. The highest BCUT2D eigenvalue weighted by atomic mass is 32.2. The van der Waals surface area contributed by atoms with Crippen LogP contribution in [0.5, 0.6) is 17.5 Å². The quantitative estimate of drug-likeness (QED) is 0.292. The molecular weight excluding hydrogens is 599 g/mol. The zero-order chi connectivity index (χ0) is 31.3. The molecule has 0 saturated heterocycles. The molecule has 0 aliphatic heterocycles. The summed E-state index contributed by atoms with van der Waals surface area (Å²) in [5.41, 5.74) is -6.44. The standard InChI is InChI=1S/C25H22F7N5O4S/c1-12-16(20(38)35-13-6-4-7-14(10-13)42(3,33)39)21(37-36-19(12)24(27,28)29)41-22-18(40-2)17(26)15(11-34-22)23(8-5-9-23)25(30,31)32/h4,6-7,10-11,33H,5,8-9H2,1-3H3,(H,35,38). The van der Waals surface area contributed by atoms with Crippen LogP contribution in [-0.2, 0) is 21.3 Å². The fourth-order valence-corrected chi connectivity index (χ4v) is 5.17. The van der Waals surface area contributed by atoms with Crippen molar-refractivity contribution in [1.82, 2.24) is 15.2 Å². The number of hydrogen-bond acceptors (Lipinski definition) is 8. The van der Waals surface area contributed by atoms with E-state index in [1.165, 1.54) is 24.3 Å². The van der Waals surface area contributed by atoms with Crippen molar-refractivity contribution in [3.63, 3.8) is 0 Å². The van der Waals surface area contributed by atoms with E-state index in [1.54, 1.807) is 0 Å². The summed E-state index contributed by atoms with van der Waals surface area (Å²) in [6, 6.07) is 5.20. The minimum Gasteiger partial charge on any atom is -0.489 e. The van der Waals surface area contributed by atoms with Crippen LogP contribution in [0, 0.1) is 17.5 Å². The molecule has 1 aromatic carbocycles. The van der Waals surface area contributed by atoms with Gasteiger partial charge >= 0.3 is 12.4 Å². The van der Waals surface area contributed by atoms with Crippen molar-refractivity contribution < 1.29 is 49.2 Å². The summed E-state index contributed by atoms with van der Waals surface area (Å²) in [6.07, 6.45) is -8.72. The van der Waals surface area contributed by atoms with Gasteiger partial charge < -0.3 is 14.8 Å². The van der Waals surface area contributed by atoms with Gasteiger partial charge in [0.05, 0.1) is 22.3 Å². The summed E-state index contributed by atoms with van der Waals surface area (Å²) in [5, 5.41) is 8.72. The third-order valence-electron chi connectivity index (χ3n) is 6.83. The van der Waals surface area contributed by atoms with Crippen molar-refractivity contribution in [2.24, 2.45) is 0 Å². The van der Waals surface area contributed by atoms with E-state index < -0.39 is 79.1 Å². The fourth-order valence-electron chi connectivity index (χ4n) is 4.48. The van der Waals surface area contributed by atoms with Crippen LogP contribution >= 0.6 is 0 Å². The number of benzene rings is 1. The van der Waals surface area contributed by atoms with Crippen molar-refractivity contribution in [3.05, 3.63) is 58.7 Å². The minimum atomic E-state index is -5.05. The predicted octanol–water partition coefficient (Wildman–Crippen LogP) is 6.41. The minimum absolute atomic E-state index is 0.0184. The maximum atomic E-state index is 15.4. The maximum Gasteiger partial charge on any atom is 0.435 e. The Morgan fingerprint density at radius 2 is 1.79 bits per heavy atom. The molecule has 0 bridgehead atoms. The maximum absolute atomic E-state index is 15.4. The number of halogens is 7. The number of pyridine rings is 1.